The van der Waals surface area contributed by atoms with Crippen LogP contribution in [0.5, 0.6) is 5.75 Å². The summed E-state index contributed by atoms with van der Waals surface area (Å²) in [6, 6.07) is 19.2. The zero-order chi connectivity index (χ0) is 16.6. The van der Waals surface area contributed by atoms with Crippen molar-refractivity contribution in [1.82, 2.24) is 0 Å². The molecule has 1 nitrogen and oxygen atoms in total. The molecule has 2 aromatic carbocycles. The molecule has 0 saturated carbocycles. The summed E-state index contributed by atoms with van der Waals surface area (Å²) in [5, 5.41) is 0. The predicted molar refractivity (Wildman–Crippen MR) is 77.8 cm³/mol. The molecule has 0 saturated heterocycles. The van der Waals surface area contributed by atoms with E-state index in [0.29, 0.717) is 0 Å². The number of rotatable bonds is 3. The maximum atomic E-state index is 9.67. The molecule has 120 valence electrons. The van der Waals surface area contributed by atoms with Crippen LogP contribution in [0.3, 0.4) is 0 Å². The molecule has 0 aromatic heterocycles. The zero-order valence-corrected chi connectivity index (χ0v) is 14.9. The third-order valence-electron chi connectivity index (χ3n) is 2.19. The molecule has 0 bridgehead atoms. The van der Waals surface area contributed by atoms with E-state index in [1.54, 1.807) is 0 Å². The number of halogens is 4. The van der Waals surface area contributed by atoms with Gasteiger partial charge in [-0.3, -0.25) is 0 Å². The van der Waals surface area contributed by atoms with Gasteiger partial charge in [-0.2, -0.15) is 13.2 Å². The number of benzene rings is 2. The van der Waals surface area contributed by atoms with Crippen molar-refractivity contribution in [3.05, 3.63) is 61.7 Å². The standard InChI is InChI=1S/C16H18IO.CHF3/c1-16(2,3)18-15-11-9-14(10-12-15)17-13-7-5-4-6-8-13;2-1(3)4/h4-12H,1-3H3;1H/q+1;. The van der Waals surface area contributed by atoms with Crippen LogP contribution in [0.4, 0.5) is 13.2 Å². The maximum Gasteiger partial charge on any atom is 0.379 e. The van der Waals surface area contributed by atoms with Crippen molar-refractivity contribution in [3.63, 3.8) is 0 Å². The molecule has 0 atom stereocenters. The normalized spacial score (nSPS) is 10.9. The molecule has 0 amide bonds. The van der Waals surface area contributed by atoms with Gasteiger partial charge in [-0.15, -0.1) is 0 Å². The lowest BCUT2D eigenvalue weighted by atomic mass is 10.2. The molecule has 0 unspecified atom stereocenters. The minimum absolute atomic E-state index is 0.0737. The fraction of sp³-hybridized carbons (Fsp3) is 0.294. The summed E-state index contributed by atoms with van der Waals surface area (Å²) < 4.78 is 37.7. The molecule has 0 spiro atoms. The first-order chi connectivity index (χ1) is 10.3. The van der Waals surface area contributed by atoms with Crippen LogP contribution in [0.25, 0.3) is 0 Å². The number of hydrogen-bond donors (Lipinski definition) is 0. The summed E-state index contributed by atoms with van der Waals surface area (Å²) in [6.07, 6.45) is 0. The quantitative estimate of drug-likeness (QED) is 0.688. The molecule has 2 rings (SSSR count). The van der Waals surface area contributed by atoms with Crippen molar-refractivity contribution < 1.29 is 39.1 Å². The summed E-state index contributed by atoms with van der Waals surface area (Å²) in [6.45, 7) is 2.54. The van der Waals surface area contributed by atoms with Gasteiger partial charge < -0.3 is 4.74 Å². The topological polar surface area (TPSA) is 9.23 Å². The highest BCUT2D eigenvalue weighted by Crippen LogP contribution is 2.16. The van der Waals surface area contributed by atoms with Crippen LogP contribution in [-0.4, -0.2) is 12.3 Å². The second-order valence-corrected chi connectivity index (χ2v) is 8.34. The molecule has 0 fully saturated rings. The van der Waals surface area contributed by atoms with Gasteiger partial charge in [0.2, 0.25) is 0 Å². The van der Waals surface area contributed by atoms with Gasteiger partial charge in [0.15, 0.2) is 7.14 Å². The largest absolute Gasteiger partial charge is 0.488 e. The molecule has 0 aliphatic heterocycles. The summed E-state index contributed by atoms with van der Waals surface area (Å²) >= 11 is -0.0737. The molecule has 0 aliphatic carbocycles. The smallest absolute Gasteiger partial charge is 0.379 e. The van der Waals surface area contributed by atoms with Crippen molar-refractivity contribution in [2.75, 3.05) is 0 Å². The lowest BCUT2D eigenvalue weighted by molar-refractivity contribution is -0.597. The van der Waals surface area contributed by atoms with Gasteiger partial charge in [0.1, 0.15) is 11.4 Å². The maximum absolute atomic E-state index is 9.67. The van der Waals surface area contributed by atoms with E-state index in [2.05, 4.69) is 75.4 Å². The Hall–Kier alpha value is -1.24. The van der Waals surface area contributed by atoms with Gasteiger partial charge in [-0.05, 0) is 57.2 Å². The van der Waals surface area contributed by atoms with E-state index in [4.69, 9.17) is 4.74 Å². The molecular formula is C17H19F3IO+. The minimum atomic E-state index is -3.67. The highest BCUT2D eigenvalue weighted by Gasteiger charge is 2.16. The Morgan fingerprint density at radius 3 is 1.73 bits per heavy atom. The van der Waals surface area contributed by atoms with E-state index in [1.165, 1.54) is 7.14 Å². The van der Waals surface area contributed by atoms with E-state index in [1.807, 2.05) is 0 Å². The Bertz CT molecular complexity index is 533. The van der Waals surface area contributed by atoms with Gasteiger partial charge in [0, 0.05) is 0 Å². The second-order valence-electron chi connectivity index (χ2n) is 5.31. The van der Waals surface area contributed by atoms with Crippen molar-refractivity contribution in [2.45, 2.75) is 33.1 Å². The van der Waals surface area contributed by atoms with Crippen molar-refractivity contribution in [1.29, 1.82) is 0 Å². The van der Waals surface area contributed by atoms with Crippen molar-refractivity contribution in [3.8, 4) is 5.75 Å². The fourth-order valence-corrected chi connectivity index (χ4v) is 3.74. The first-order valence-corrected chi connectivity index (χ1v) is 8.83. The van der Waals surface area contributed by atoms with Crippen LogP contribution < -0.4 is 25.9 Å². The van der Waals surface area contributed by atoms with Crippen LogP contribution in [0.2, 0.25) is 0 Å². The molecule has 22 heavy (non-hydrogen) atoms. The van der Waals surface area contributed by atoms with Crippen LogP contribution in [-0.2, 0) is 0 Å². The Kier molecular flexibility index (Phi) is 7.72. The van der Waals surface area contributed by atoms with E-state index in [0.717, 1.165) is 5.75 Å². The summed E-state index contributed by atoms with van der Waals surface area (Å²) in [7, 11) is 0. The van der Waals surface area contributed by atoms with Crippen LogP contribution >= 0.6 is 0 Å². The molecule has 0 heterocycles. The summed E-state index contributed by atoms with van der Waals surface area (Å²) in [5.41, 5.74) is -0.129. The molecule has 0 radical (unpaired) electrons. The third kappa shape index (κ3) is 8.92. The van der Waals surface area contributed by atoms with Crippen LogP contribution in [0, 0.1) is 7.14 Å². The number of hydrogen-bond acceptors (Lipinski definition) is 1. The number of ether oxygens (including phenoxy) is 1. The Balaban J connectivity index is 0.000000541. The van der Waals surface area contributed by atoms with Crippen LogP contribution in [0.1, 0.15) is 20.8 Å². The molecular weight excluding hydrogens is 404 g/mol. The van der Waals surface area contributed by atoms with E-state index in [-0.39, 0.29) is 26.8 Å². The minimum Gasteiger partial charge on any atom is -0.488 e. The van der Waals surface area contributed by atoms with Gasteiger partial charge in [-0.25, -0.2) is 0 Å². The average molecular weight is 423 g/mol. The monoisotopic (exact) mass is 423 g/mol. The van der Waals surface area contributed by atoms with Crippen molar-refractivity contribution in [2.24, 2.45) is 0 Å². The predicted octanol–water partition coefficient (Wildman–Crippen LogP) is 2.17. The van der Waals surface area contributed by atoms with E-state index >= 15 is 0 Å². The Morgan fingerprint density at radius 2 is 1.27 bits per heavy atom. The molecule has 0 N–H and O–H groups in total. The Labute approximate surface area is 139 Å². The van der Waals surface area contributed by atoms with Gasteiger partial charge in [0.25, 0.3) is 0 Å². The summed E-state index contributed by atoms with van der Waals surface area (Å²) in [4.78, 5) is 0. The Morgan fingerprint density at radius 1 is 0.818 bits per heavy atom. The highest BCUT2D eigenvalue weighted by atomic mass is 127. The van der Waals surface area contributed by atoms with Crippen molar-refractivity contribution >= 4 is 0 Å². The van der Waals surface area contributed by atoms with E-state index < -0.39 is 6.68 Å². The lowest BCUT2D eigenvalue weighted by Gasteiger charge is -2.20. The zero-order valence-electron chi connectivity index (χ0n) is 12.7. The van der Waals surface area contributed by atoms with E-state index in [9.17, 15) is 13.2 Å². The first-order valence-electron chi connectivity index (χ1n) is 6.67. The first kappa shape index (κ1) is 18.8. The van der Waals surface area contributed by atoms with Crippen LogP contribution in [0.15, 0.2) is 54.6 Å². The second kappa shape index (κ2) is 9.02. The summed E-state index contributed by atoms with van der Waals surface area (Å²) in [5.74, 6) is 0.948. The molecule has 0 aliphatic rings. The SMILES string of the molecule is CC(C)(C)Oc1ccc([I+]c2ccccc2)cc1.FC(F)F. The lowest BCUT2D eigenvalue weighted by Crippen LogP contribution is -3.61. The van der Waals surface area contributed by atoms with Gasteiger partial charge >= 0.3 is 27.9 Å². The number of alkyl halides is 3. The third-order valence-corrected chi connectivity index (χ3v) is 4.87. The van der Waals surface area contributed by atoms with Gasteiger partial charge in [0.05, 0.1) is 0 Å². The molecule has 2 aromatic rings. The fourth-order valence-electron chi connectivity index (χ4n) is 1.52. The average Bonchev–Trinajstić information content (AvgIpc) is 2.40. The molecule has 5 heteroatoms. The van der Waals surface area contributed by atoms with Gasteiger partial charge in [-0.1, -0.05) is 18.2 Å². The highest BCUT2D eigenvalue weighted by molar-refractivity contribution is 5.21.